The Morgan fingerprint density at radius 2 is 1.96 bits per heavy atom. The fraction of sp³-hybridized carbons (Fsp3) is 0.500. The molecule has 0 spiro atoms. The second-order valence-electron chi connectivity index (χ2n) is 6.67. The third-order valence-electron chi connectivity index (χ3n) is 4.99. The fourth-order valence-corrected chi connectivity index (χ4v) is 4.48. The van der Waals surface area contributed by atoms with Gasteiger partial charge < -0.3 is 4.90 Å². The number of hydrogen-bond acceptors (Lipinski definition) is 5. The Morgan fingerprint density at radius 1 is 1.17 bits per heavy atom. The zero-order valence-electron chi connectivity index (χ0n) is 14.2. The minimum atomic E-state index is 0.0651. The molecule has 4 heterocycles. The van der Waals surface area contributed by atoms with Crippen LogP contribution in [0.25, 0.3) is 20.4 Å². The number of nitrogens with zero attached hydrogens (tertiary/aromatic N) is 4. The fourth-order valence-electron chi connectivity index (χ4n) is 3.37. The van der Waals surface area contributed by atoms with Gasteiger partial charge in [-0.3, -0.25) is 9.36 Å². The molecule has 24 heavy (non-hydrogen) atoms. The van der Waals surface area contributed by atoms with E-state index >= 15 is 0 Å². The van der Waals surface area contributed by atoms with Crippen molar-refractivity contribution in [3.8, 4) is 0 Å². The summed E-state index contributed by atoms with van der Waals surface area (Å²) < 4.78 is 2.48. The number of aryl methyl sites for hydroxylation is 2. The first kappa shape index (κ1) is 15.7. The summed E-state index contributed by atoms with van der Waals surface area (Å²) in [5.74, 6) is 0. The van der Waals surface area contributed by atoms with E-state index in [9.17, 15) is 4.79 Å². The van der Waals surface area contributed by atoms with Crippen LogP contribution in [0.2, 0.25) is 0 Å². The topological polar surface area (TPSA) is 51.0 Å². The highest BCUT2D eigenvalue weighted by Gasteiger charge is 2.15. The van der Waals surface area contributed by atoms with Crippen LogP contribution in [0.15, 0.2) is 17.2 Å². The molecule has 0 N–H and O–H groups in total. The summed E-state index contributed by atoms with van der Waals surface area (Å²) >= 11 is 1.47. The smallest absolute Gasteiger partial charge is 0.271 e. The van der Waals surface area contributed by atoms with Gasteiger partial charge in [0.15, 0.2) is 0 Å². The van der Waals surface area contributed by atoms with Crippen LogP contribution in [0.3, 0.4) is 0 Å². The molecule has 0 aliphatic carbocycles. The van der Waals surface area contributed by atoms with Gasteiger partial charge >= 0.3 is 0 Å². The Kier molecular flexibility index (Phi) is 4.10. The Bertz CT molecular complexity index is 953. The highest BCUT2D eigenvalue weighted by atomic mass is 32.1. The molecule has 6 heteroatoms. The van der Waals surface area contributed by atoms with Gasteiger partial charge in [-0.15, -0.1) is 11.3 Å². The monoisotopic (exact) mass is 342 g/mol. The van der Waals surface area contributed by atoms with E-state index in [4.69, 9.17) is 0 Å². The van der Waals surface area contributed by atoms with E-state index in [1.165, 1.54) is 30.6 Å². The van der Waals surface area contributed by atoms with Gasteiger partial charge in [-0.05, 0) is 51.4 Å². The van der Waals surface area contributed by atoms with Crippen molar-refractivity contribution in [3.05, 3.63) is 34.0 Å². The van der Waals surface area contributed by atoms with Crippen LogP contribution in [0.5, 0.6) is 0 Å². The molecule has 1 aliphatic rings. The van der Waals surface area contributed by atoms with Gasteiger partial charge in [-0.2, -0.15) is 0 Å². The van der Waals surface area contributed by atoms with E-state index in [-0.39, 0.29) is 5.56 Å². The van der Waals surface area contributed by atoms with Crippen LogP contribution >= 0.6 is 11.3 Å². The Hall–Kier alpha value is -1.79. The number of thiophene rings is 1. The molecule has 0 amide bonds. The third-order valence-corrected chi connectivity index (χ3v) is 6.06. The van der Waals surface area contributed by atoms with Gasteiger partial charge in [0, 0.05) is 24.2 Å². The van der Waals surface area contributed by atoms with Crippen LogP contribution in [0, 0.1) is 13.8 Å². The van der Waals surface area contributed by atoms with Crippen LogP contribution in [-0.2, 0) is 6.54 Å². The maximum atomic E-state index is 12.8. The molecule has 1 fully saturated rings. The van der Waals surface area contributed by atoms with Gasteiger partial charge in [-0.25, -0.2) is 9.97 Å². The number of fused-ring (bicyclic) bond motifs is 3. The van der Waals surface area contributed by atoms with Crippen LogP contribution in [0.1, 0.15) is 30.5 Å². The molecule has 0 bridgehead atoms. The molecule has 5 nitrogen and oxygen atoms in total. The molecular weight excluding hydrogens is 320 g/mol. The van der Waals surface area contributed by atoms with Crippen molar-refractivity contribution in [2.24, 2.45) is 0 Å². The summed E-state index contributed by atoms with van der Waals surface area (Å²) in [7, 11) is 0. The van der Waals surface area contributed by atoms with Crippen molar-refractivity contribution in [1.29, 1.82) is 0 Å². The lowest BCUT2D eigenvalue weighted by molar-refractivity contribution is 0.220. The minimum Gasteiger partial charge on any atom is -0.302 e. The van der Waals surface area contributed by atoms with Gasteiger partial charge in [0.1, 0.15) is 9.53 Å². The number of aromatic nitrogens is 3. The minimum absolute atomic E-state index is 0.0651. The largest absolute Gasteiger partial charge is 0.302 e. The number of likely N-dealkylation sites (tertiary alicyclic amines) is 1. The van der Waals surface area contributed by atoms with Crippen molar-refractivity contribution in [1.82, 2.24) is 19.4 Å². The summed E-state index contributed by atoms with van der Waals surface area (Å²) in [5, 5.41) is 0.999. The summed E-state index contributed by atoms with van der Waals surface area (Å²) in [6.45, 7) is 7.98. The lowest BCUT2D eigenvalue weighted by Crippen LogP contribution is -2.34. The lowest BCUT2D eigenvalue weighted by Gasteiger charge is -2.26. The zero-order valence-corrected chi connectivity index (χ0v) is 15.0. The lowest BCUT2D eigenvalue weighted by atomic mass is 10.1. The highest BCUT2D eigenvalue weighted by molar-refractivity contribution is 7.25. The second-order valence-corrected chi connectivity index (χ2v) is 7.67. The predicted octanol–water partition coefficient (Wildman–Crippen LogP) is 3.11. The molecule has 3 aromatic heterocycles. The van der Waals surface area contributed by atoms with Crippen molar-refractivity contribution in [2.75, 3.05) is 19.6 Å². The molecule has 1 aliphatic heterocycles. The molecule has 0 unspecified atom stereocenters. The summed E-state index contributed by atoms with van der Waals surface area (Å²) in [6.07, 6.45) is 5.58. The quantitative estimate of drug-likeness (QED) is 0.734. The standard InChI is InChI=1S/C18H22N4OS/c1-12-10-14-15-16(24-17(14)20-13(12)2)18(23)22(11-19-15)9-8-21-6-4-3-5-7-21/h10-11H,3-9H2,1-2H3. The van der Waals surface area contributed by atoms with Gasteiger partial charge in [-0.1, -0.05) is 6.42 Å². The van der Waals surface area contributed by atoms with Crippen molar-refractivity contribution in [3.63, 3.8) is 0 Å². The van der Waals surface area contributed by atoms with Gasteiger partial charge in [0.05, 0.1) is 11.8 Å². The first-order chi connectivity index (χ1) is 11.6. The van der Waals surface area contributed by atoms with E-state index in [1.807, 2.05) is 13.8 Å². The first-order valence-corrected chi connectivity index (χ1v) is 9.43. The molecular formula is C18H22N4OS. The van der Waals surface area contributed by atoms with Crippen LogP contribution < -0.4 is 5.56 Å². The van der Waals surface area contributed by atoms with E-state index in [2.05, 4.69) is 20.9 Å². The van der Waals surface area contributed by atoms with Crippen LogP contribution in [-0.4, -0.2) is 39.1 Å². The Balaban J connectivity index is 1.69. The molecule has 4 rings (SSSR count). The molecule has 126 valence electrons. The Morgan fingerprint density at radius 3 is 2.75 bits per heavy atom. The van der Waals surface area contributed by atoms with Crippen molar-refractivity contribution < 1.29 is 0 Å². The third kappa shape index (κ3) is 2.74. The molecule has 0 aromatic carbocycles. The van der Waals surface area contributed by atoms with E-state index in [0.29, 0.717) is 6.54 Å². The molecule has 0 radical (unpaired) electrons. The average molecular weight is 342 g/mol. The van der Waals surface area contributed by atoms with E-state index < -0.39 is 0 Å². The Labute approximate surface area is 145 Å². The summed E-state index contributed by atoms with van der Waals surface area (Å²) in [5.41, 5.74) is 3.01. The maximum absolute atomic E-state index is 12.8. The highest BCUT2D eigenvalue weighted by Crippen LogP contribution is 2.30. The SMILES string of the molecule is Cc1cc2c(nc1C)sc1c(=O)n(CCN3CCCCC3)cnc12. The van der Waals surface area contributed by atoms with E-state index in [1.54, 1.807) is 10.9 Å². The first-order valence-electron chi connectivity index (χ1n) is 8.62. The normalized spacial score (nSPS) is 16.2. The second kappa shape index (κ2) is 6.26. The number of pyridine rings is 1. The van der Waals surface area contributed by atoms with Gasteiger partial charge in [0.2, 0.25) is 0 Å². The van der Waals surface area contributed by atoms with Gasteiger partial charge in [0.25, 0.3) is 5.56 Å². The molecule has 0 saturated carbocycles. The van der Waals surface area contributed by atoms with Crippen molar-refractivity contribution >= 4 is 31.8 Å². The zero-order chi connectivity index (χ0) is 16.7. The average Bonchev–Trinajstić information content (AvgIpc) is 2.94. The summed E-state index contributed by atoms with van der Waals surface area (Å²) in [6, 6.07) is 2.10. The van der Waals surface area contributed by atoms with E-state index in [0.717, 1.165) is 51.3 Å². The van der Waals surface area contributed by atoms with Crippen LogP contribution in [0.4, 0.5) is 0 Å². The number of rotatable bonds is 3. The molecule has 3 aromatic rings. The maximum Gasteiger partial charge on any atom is 0.271 e. The molecule has 1 saturated heterocycles. The number of hydrogen-bond donors (Lipinski definition) is 0. The summed E-state index contributed by atoms with van der Waals surface area (Å²) in [4.78, 5) is 25.4. The van der Waals surface area contributed by atoms with Crippen molar-refractivity contribution in [2.45, 2.75) is 39.7 Å². The molecule has 0 atom stereocenters. The number of piperidine rings is 1. The predicted molar refractivity (Wildman–Crippen MR) is 98.9 cm³/mol.